The van der Waals surface area contributed by atoms with Crippen molar-refractivity contribution < 1.29 is 18.0 Å². The second kappa shape index (κ2) is 8.76. The van der Waals surface area contributed by atoms with E-state index < -0.39 is 17.2 Å². The molecule has 1 unspecified atom stereocenters. The number of thioether (sulfide) groups is 1. The summed E-state index contributed by atoms with van der Waals surface area (Å²) in [5, 5.41) is 2.58. The zero-order valence-corrected chi connectivity index (χ0v) is 14.6. The first-order valence-corrected chi connectivity index (χ1v) is 9.08. The molecule has 0 radical (unpaired) electrons. The van der Waals surface area contributed by atoms with Crippen molar-refractivity contribution >= 4 is 17.7 Å². The molecule has 24 heavy (non-hydrogen) atoms. The third-order valence-electron chi connectivity index (χ3n) is 4.10. The van der Waals surface area contributed by atoms with Gasteiger partial charge in [-0.1, -0.05) is 31.2 Å². The maximum absolute atomic E-state index is 12.1. The van der Waals surface area contributed by atoms with Crippen LogP contribution in [0, 0.1) is 5.92 Å². The molecule has 0 bridgehead atoms. The summed E-state index contributed by atoms with van der Waals surface area (Å²) >= 11 is -0.311. The highest BCUT2D eigenvalue weighted by Crippen LogP contribution is 2.29. The van der Waals surface area contributed by atoms with Crippen molar-refractivity contribution in [1.29, 1.82) is 0 Å². The molecule has 0 aromatic heterocycles. The largest absolute Gasteiger partial charge is 0.442 e. The second-order valence-corrected chi connectivity index (χ2v) is 7.30. The quantitative estimate of drug-likeness (QED) is 0.838. The Morgan fingerprint density at radius 1 is 1.33 bits per heavy atom. The van der Waals surface area contributed by atoms with Crippen molar-refractivity contribution in [2.75, 3.05) is 18.8 Å². The minimum atomic E-state index is -4.37. The van der Waals surface area contributed by atoms with Crippen molar-refractivity contribution in [3.8, 4) is 0 Å². The molecule has 1 aromatic carbocycles. The number of nitrogens with zero attached hydrogens (tertiary/aromatic N) is 1. The first kappa shape index (κ1) is 19.1. The van der Waals surface area contributed by atoms with Crippen LogP contribution in [0.25, 0.3) is 0 Å². The van der Waals surface area contributed by atoms with Gasteiger partial charge >= 0.3 is 5.51 Å². The SMILES string of the molecule is CC1CCCN(Cc2ccccc2CNC(=O)CSC(F)(F)F)C1. The van der Waals surface area contributed by atoms with Crippen molar-refractivity contribution in [3.05, 3.63) is 35.4 Å². The Hall–Kier alpha value is -1.21. The maximum atomic E-state index is 12.1. The molecular weight excluding hydrogens is 337 g/mol. The third-order valence-corrected chi connectivity index (χ3v) is 4.83. The fraction of sp³-hybridized carbons (Fsp3) is 0.588. The Bertz CT molecular complexity index is 551. The highest BCUT2D eigenvalue weighted by Gasteiger charge is 2.29. The van der Waals surface area contributed by atoms with Crippen molar-refractivity contribution in [3.63, 3.8) is 0 Å². The summed E-state index contributed by atoms with van der Waals surface area (Å²) in [6.07, 6.45) is 2.44. The van der Waals surface area contributed by atoms with Crippen LogP contribution in [0.1, 0.15) is 30.9 Å². The third kappa shape index (κ3) is 6.73. The number of hydrogen-bond donors (Lipinski definition) is 1. The summed E-state index contributed by atoms with van der Waals surface area (Å²) < 4.78 is 36.3. The van der Waals surface area contributed by atoms with Crippen LogP contribution in [0.3, 0.4) is 0 Å². The van der Waals surface area contributed by atoms with Gasteiger partial charge in [0.1, 0.15) is 0 Å². The van der Waals surface area contributed by atoms with Gasteiger partial charge in [-0.05, 0) is 48.2 Å². The Morgan fingerprint density at radius 3 is 2.71 bits per heavy atom. The van der Waals surface area contributed by atoms with Gasteiger partial charge in [0.2, 0.25) is 5.91 Å². The van der Waals surface area contributed by atoms with Gasteiger partial charge in [0.15, 0.2) is 0 Å². The number of hydrogen-bond acceptors (Lipinski definition) is 3. The van der Waals surface area contributed by atoms with Gasteiger partial charge < -0.3 is 5.32 Å². The molecule has 0 aliphatic carbocycles. The number of carbonyl (C=O) groups excluding carboxylic acids is 1. The van der Waals surface area contributed by atoms with Crippen molar-refractivity contribution in [2.24, 2.45) is 5.92 Å². The number of amides is 1. The van der Waals surface area contributed by atoms with Crippen LogP contribution in [-0.2, 0) is 17.9 Å². The average molecular weight is 360 g/mol. The smallest absolute Gasteiger partial charge is 0.351 e. The number of benzene rings is 1. The lowest BCUT2D eigenvalue weighted by Gasteiger charge is -2.31. The zero-order chi connectivity index (χ0) is 17.6. The van der Waals surface area contributed by atoms with Crippen LogP contribution in [0.5, 0.6) is 0 Å². The van der Waals surface area contributed by atoms with Crippen LogP contribution >= 0.6 is 11.8 Å². The normalized spacial score (nSPS) is 19.2. The van der Waals surface area contributed by atoms with E-state index in [1.807, 2.05) is 24.3 Å². The molecule has 134 valence electrons. The Morgan fingerprint density at radius 2 is 2.04 bits per heavy atom. The van der Waals surface area contributed by atoms with Crippen LogP contribution in [0.2, 0.25) is 0 Å². The summed E-state index contributed by atoms with van der Waals surface area (Å²) in [5.74, 6) is -0.515. The van der Waals surface area contributed by atoms with Crippen LogP contribution < -0.4 is 5.32 Å². The van der Waals surface area contributed by atoms with E-state index in [1.165, 1.54) is 12.8 Å². The summed E-state index contributed by atoms with van der Waals surface area (Å²) in [4.78, 5) is 14.0. The van der Waals surface area contributed by atoms with Crippen LogP contribution in [0.15, 0.2) is 24.3 Å². The molecule has 1 aliphatic rings. The molecule has 1 saturated heterocycles. The monoisotopic (exact) mass is 360 g/mol. The van der Waals surface area contributed by atoms with E-state index in [9.17, 15) is 18.0 Å². The predicted molar refractivity (Wildman–Crippen MR) is 90.5 cm³/mol. The van der Waals surface area contributed by atoms with Crippen molar-refractivity contribution in [1.82, 2.24) is 10.2 Å². The molecule has 1 aromatic rings. The van der Waals surface area contributed by atoms with E-state index in [4.69, 9.17) is 0 Å². The molecule has 1 heterocycles. The van der Waals surface area contributed by atoms with E-state index in [0.717, 1.165) is 30.8 Å². The average Bonchev–Trinajstić information content (AvgIpc) is 2.51. The summed E-state index contributed by atoms with van der Waals surface area (Å²) in [7, 11) is 0. The Kier molecular flexibility index (Phi) is 6.98. The number of alkyl halides is 3. The van der Waals surface area contributed by atoms with Gasteiger partial charge in [0.05, 0.1) is 5.75 Å². The van der Waals surface area contributed by atoms with E-state index >= 15 is 0 Å². The molecule has 3 nitrogen and oxygen atoms in total. The van der Waals surface area contributed by atoms with E-state index in [0.29, 0.717) is 5.92 Å². The van der Waals surface area contributed by atoms with Gasteiger partial charge in [0.25, 0.3) is 0 Å². The van der Waals surface area contributed by atoms with Crippen LogP contribution in [0.4, 0.5) is 13.2 Å². The molecule has 0 spiro atoms. The lowest BCUT2D eigenvalue weighted by molar-refractivity contribution is -0.119. The molecule has 1 aliphatic heterocycles. The molecular formula is C17H23F3N2OS. The molecule has 1 amide bonds. The Balaban J connectivity index is 1.88. The topological polar surface area (TPSA) is 32.3 Å². The standard InChI is InChI=1S/C17H23F3N2OS/c1-13-5-4-8-22(10-13)11-15-7-3-2-6-14(15)9-21-16(23)12-24-17(18,19)20/h2-3,6-7,13H,4-5,8-12H2,1H3,(H,21,23). The molecule has 1 N–H and O–H groups in total. The second-order valence-electron chi connectivity index (χ2n) is 6.26. The van der Waals surface area contributed by atoms with Gasteiger partial charge in [-0.3, -0.25) is 9.69 Å². The molecule has 2 rings (SSSR count). The van der Waals surface area contributed by atoms with E-state index in [2.05, 4.69) is 17.1 Å². The highest BCUT2D eigenvalue weighted by atomic mass is 32.2. The van der Waals surface area contributed by atoms with Gasteiger partial charge in [-0.15, -0.1) is 0 Å². The highest BCUT2D eigenvalue weighted by molar-refractivity contribution is 8.00. The zero-order valence-electron chi connectivity index (χ0n) is 13.7. The Labute approximate surface area is 145 Å². The molecule has 1 fully saturated rings. The van der Waals surface area contributed by atoms with Crippen molar-refractivity contribution in [2.45, 2.75) is 38.4 Å². The predicted octanol–water partition coefficient (Wildman–Crippen LogP) is 3.79. The maximum Gasteiger partial charge on any atom is 0.442 e. The lowest BCUT2D eigenvalue weighted by atomic mass is 9.99. The number of carbonyl (C=O) groups is 1. The minimum Gasteiger partial charge on any atom is -0.351 e. The molecule has 1 atom stereocenters. The van der Waals surface area contributed by atoms with E-state index in [-0.39, 0.29) is 18.3 Å². The number of piperidine rings is 1. The fourth-order valence-corrected chi connectivity index (χ4v) is 3.34. The van der Waals surface area contributed by atoms with Gasteiger partial charge in [0, 0.05) is 19.6 Å². The number of likely N-dealkylation sites (tertiary alicyclic amines) is 1. The fourth-order valence-electron chi connectivity index (χ4n) is 2.95. The first-order valence-electron chi connectivity index (χ1n) is 8.10. The molecule has 7 heteroatoms. The number of nitrogens with one attached hydrogen (secondary N) is 1. The van der Waals surface area contributed by atoms with Gasteiger partial charge in [-0.2, -0.15) is 13.2 Å². The van der Waals surface area contributed by atoms with Crippen LogP contribution in [-0.4, -0.2) is 35.2 Å². The van der Waals surface area contributed by atoms with E-state index in [1.54, 1.807) is 0 Å². The summed E-state index contributed by atoms with van der Waals surface area (Å²) in [6.45, 7) is 5.44. The summed E-state index contributed by atoms with van der Waals surface area (Å²) in [5.41, 5.74) is -2.29. The molecule has 0 saturated carbocycles. The number of halogens is 3. The van der Waals surface area contributed by atoms with Gasteiger partial charge in [-0.25, -0.2) is 0 Å². The summed E-state index contributed by atoms with van der Waals surface area (Å²) in [6, 6.07) is 7.77. The lowest BCUT2D eigenvalue weighted by Crippen LogP contribution is -2.34. The number of rotatable bonds is 6. The minimum absolute atomic E-state index is 0.261. The first-order chi connectivity index (χ1) is 11.3.